The normalized spacial score (nSPS) is 11.5. The fourth-order valence-corrected chi connectivity index (χ4v) is 2.95. The number of nitrogens with one attached hydrogen (secondary N) is 1. The van der Waals surface area contributed by atoms with E-state index in [-0.39, 0.29) is 17.1 Å². The van der Waals surface area contributed by atoms with E-state index in [1.807, 2.05) is 24.3 Å². The summed E-state index contributed by atoms with van der Waals surface area (Å²) in [6.07, 6.45) is -1.63. The Morgan fingerprint density at radius 1 is 1.10 bits per heavy atom. The van der Waals surface area contributed by atoms with Crippen molar-refractivity contribution in [2.24, 2.45) is 0 Å². The molecule has 0 saturated heterocycles. The molecule has 2 aromatic heterocycles. The molecule has 0 saturated carbocycles. The van der Waals surface area contributed by atoms with Crippen LogP contribution in [0.4, 0.5) is 18.9 Å². The number of hydrogen-bond donors (Lipinski definition) is 1. The minimum Gasteiger partial charge on any atom is -0.493 e. The maximum atomic E-state index is 13.0. The first-order valence-corrected chi connectivity index (χ1v) is 8.82. The van der Waals surface area contributed by atoms with E-state index < -0.39 is 17.6 Å². The molecule has 9 heteroatoms. The molecule has 1 N–H and O–H groups in total. The van der Waals surface area contributed by atoms with Crippen molar-refractivity contribution in [1.29, 1.82) is 0 Å². The highest BCUT2D eigenvalue weighted by atomic mass is 19.4. The average molecular weight is 412 g/mol. The van der Waals surface area contributed by atoms with E-state index in [0.29, 0.717) is 5.69 Å². The summed E-state index contributed by atoms with van der Waals surface area (Å²) in [4.78, 5) is 17.0. The quantitative estimate of drug-likeness (QED) is 0.528. The number of pyridine rings is 1. The van der Waals surface area contributed by atoms with Crippen LogP contribution in [0, 0.1) is 0 Å². The number of hydrogen-bond acceptors (Lipinski definition) is 4. The number of alkyl halides is 3. The van der Waals surface area contributed by atoms with Crippen LogP contribution >= 0.6 is 0 Å². The highest BCUT2D eigenvalue weighted by Crippen LogP contribution is 2.31. The standard InChI is InChI=1S/C21H15F3N4O2/c1-30-18-12-28(16-7-4-6-14(10-16)21(22,23)24)27-19(18)20(29)26-15-9-13-5-2-3-8-17(13)25-11-15/h2-12H,1H3,(H,26,29). The van der Waals surface area contributed by atoms with Crippen LogP contribution in [0.5, 0.6) is 5.75 Å². The number of nitrogens with zero attached hydrogens (tertiary/aromatic N) is 3. The predicted octanol–water partition coefficient (Wildman–Crippen LogP) is 4.70. The van der Waals surface area contributed by atoms with Gasteiger partial charge in [0.2, 0.25) is 0 Å². The number of amides is 1. The van der Waals surface area contributed by atoms with Crippen LogP contribution in [0.3, 0.4) is 0 Å². The number of fused-ring (bicyclic) bond motifs is 1. The largest absolute Gasteiger partial charge is 0.493 e. The Hall–Kier alpha value is -3.88. The van der Waals surface area contributed by atoms with Gasteiger partial charge in [-0.1, -0.05) is 24.3 Å². The van der Waals surface area contributed by atoms with Crippen molar-refractivity contribution in [1.82, 2.24) is 14.8 Å². The van der Waals surface area contributed by atoms with E-state index in [4.69, 9.17) is 4.74 Å². The van der Waals surface area contributed by atoms with Crippen molar-refractivity contribution in [2.75, 3.05) is 12.4 Å². The summed E-state index contributed by atoms with van der Waals surface area (Å²) in [7, 11) is 1.35. The van der Waals surface area contributed by atoms with E-state index in [2.05, 4.69) is 15.4 Å². The van der Waals surface area contributed by atoms with E-state index in [1.54, 1.807) is 6.07 Å². The van der Waals surface area contributed by atoms with Gasteiger partial charge in [-0.3, -0.25) is 9.78 Å². The monoisotopic (exact) mass is 412 g/mol. The smallest absolute Gasteiger partial charge is 0.416 e. The van der Waals surface area contributed by atoms with Crippen LogP contribution in [-0.4, -0.2) is 27.8 Å². The highest BCUT2D eigenvalue weighted by Gasteiger charge is 2.30. The molecule has 0 atom stereocenters. The van der Waals surface area contributed by atoms with Gasteiger partial charge in [0, 0.05) is 5.39 Å². The van der Waals surface area contributed by atoms with Gasteiger partial charge in [0.1, 0.15) is 0 Å². The zero-order chi connectivity index (χ0) is 21.3. The van der Waals surface area contributed by atoms with Gasteiger partial charge in [0.15, 0.2) is 11.4 Å². The molecule has 0 fully saturated rings. The SMILES string of the molecule is COc1cn(-c2cccc(C(F)(F)F)c2)nc1C(=O)Nc1cnc2ccccc2c1. The third kappa shape index (κ3) is 3.82. The fourth-order valence-electron chi connectivity index (χ4n) is 2.95. The molecule has 0 radical (unpaired) electrons. The van der Waals surface area contributed by atoms with Crippen LogP contribution in [0.15, 0.2) is 67.0 Å². The van der Waals surface area contributed by atoms with Gasteiger partial charge in [-0.2, -0.15) is 18.3 Å². The summed E-state index contributed by atoms with van der Waals surface area (Å²) in [6, 6.07) is 13.8. The van der Waals surface area contributed by atoms with E-state index >= 15 is 0 Å². The zero-order valence-corrected chi connectivity index (χ0v) is 15.6. The van der Waals surface area contributed by atoms with Gasteiger partial charge in [-0.05, 0) is 30.3 Å². The van der Waals surface area contributed by atoms with Crippen molar-refractivity contribution in [3.05, 3.63) is 78.2 Å². The molecule has 2 aromatic carbocycles. The molecule has 152 valence electrons. The van der Waals surface area contributed by atoms with Crippen molar-refractivity contribution in [3.63, 3.8) is 0 Å². The van der Waals surface area contributed by atoms with Crippen LogP contribution in [-0.2, 0) is 6.18 Å². The van der Waals surface area contributed by atoms with Crippen molar-refractivity contribution >= 4 is 22.5 Å². The third-order valence-electron chi connectivity index (χ3n) is 4.40. The summed E-state index contributed by atoms with van der Waals surface area (Å²) in [5.74, 6) is -0.451. The molecule has 2 heterocycles. The number of ether oxygens (including phenoxy) is 1. The van der Waals surface area contributed by atoms with Gasteiger partial charge in [-0.15, -0.1) is 0 Å². The van der Waals surface area contributed by atoms with Gasteiger partial charge in [0.05, 0.1) is 42.0 Å². The first-order chi connectivity index (χ1) is 14.3. The lowest BCUT2D eigenvalue weighted by molar-refractivity contribution is -0.137. The molecule has 0 unspecified atom stereocenters. The molecule has 30 heavy (non-hydrogen) atoms. The lowest BCUT2D eigenvalue weighted by atomic mass is 10.2. The van der Waals surface area contributed by atoms with Crippen molar-refractivity contribution < 1.29 is 22.7 Å². The van der Waals surface area contributed by atoms with Crippen molar-refractivity contribution in [2.45, 2.75) is 6.18 Å². The summed E-state index contributed by atoms with van der Waals surface area (Å²) in [6.45, 7) is 0. The topological polar surface area (TPSA) is 69.0 Å². The summed E-state index contributed by atoms with van der Waals surface area (Å²) in [5, 5.41) is 7.66. The first kappa shape index (κ1) is 19.4. The Morgan fingerprint density at radius 3 is 2.67 bits per heavy atom. The lowest BCUT2D eigenvalue weighted by Gasteiger charge is -2.08. The molecule has 0 spiro atoms. The molecular formula is C21H15F3N4O2. The van der Waals surface area contributed by atoms with E-state index in [9.17, 15) is 18.0 Å². The molecule has 6 nitrogen and oxygen atoms in total. The number of aromatic nitrogens is 3. The van der Waals surface area contributed by atoms with Crippen LogP contribution in [0.2, 0.25) is 0 Å². The van der Waals surface area contributed by atoms with Gasteiger partial charge < -0.3 is 10.1 Å². The van der Waals surface area contributed by atoms with E-state index in [0.717, 1.165) is 23.0 Å². The Morgan fingerprint density at radius 2 is 1.90 bits per heavy atom. The Labute approximate surface area is 168 Å². The minimum absolute atomic E-state index is 0.0666. The number of carbonyl (C=O) groups is 1. The second kappa shape index (κ2) is 7.51. The molecule has 0 aliphatic rings. The molecule has 0 aliphatic carbocycles. The molecule has 4 rings (SSSR count). The van der Waals surface area contributed by atoms with Crippen LogP contribution in [0.25, 0.3) is 16.6 Å². The Kier molecular flexibility index (Phi) is 4.86. The number of halogens is 3. The fraction of sp³-hybridized carbons (Fsp3) is 0.0952. The number of carbonyl (C=O) groups excluding carboxylic acids is 1. The second-order valence-corrected chi connectivity index (χ2v) is 6.41. The summed E-state index contributed by atoms with van der Waals surface area (Å²) < 4.78 is 45.3. The Bertz CT molecular complexity index is 1230. The molecule has 0 bridgehead atoms. The lowest BCUT2D eigenvalue weighted by Crippen LogP contribution is -2.14. The maximum absolute atomic E-state index is 13.0. The predicted molar refractivity (Wildman–Crippen MR) is 105 cm³/mol. The maximum Gasteiger partial charge on any atom is 0.416 e. The first-order valence-electron chi connectivity index (χ1n) is 8.82. The minimum atomic E-state index is -4.49. The number of rotatable bonds is 4. The van der Waals surface area contributed by atoms with Crippen LogP contribution in [0.1, 0.15) is 16.1 Å². The van der Waals surface area contributed by atoms with Crippen molar-refractivity contribution in [3.8, 4) is 11.4 Å². The van der Waals surface area contributed by atoms with E-state index in [1.165, 1.54) is 36.3 Å². The third-order valence-corrected chi connectivity index (χ3v) is 4.40. The second-order valence-electron chi connectivity index (χ2n) is 6.41. The average Bonchev–Trinajstić information content (AvgIpc) is 3.18. The van der Waals surface area contributed by atoms with Gasteiger partial charge in [-0.25, -0.2) is 4.68 Å². The number of methoxy groups -OCH3 is 1. The number of para-hydroxylation sites is 1. The molecule has 4 aromatic rings. The number of benzene rings is 2. The molecular weight excluding hydrogens is 397 g/mol. The zero-order valence-electron chi connectivity index (χ0n) is 15.6. The van der Waals surface area contributed by atoms with Crippen LogP contribution < -0.4 is 10.1 Å². The number of anilines is 1. The summed E-state index contributed by atoms with van der Waals surface area (Å²) in [5.41, 5.74) is 0.497. The van der Waals surface area contributed by atoms with Gasteiger partial charge >= 0.3 is 6.18 Å². The highest BCUT2D eigenvalue weighted by molar-refractivity contribution is 6.05. The molecule has 0 aliphatic heterocycles. The molecule has 1 amide bonds. The summed E-state index contributed by atoms with van der Waals surface area (Å²) >= 11 is 0. The van der Waals surface area contributed by atoms with Gasteiger partial charge in [0.25, 0.3) is 5.91 Å². The Balaban J connectivity index is 1.64.